The maximum Gasteiger partial charge on any atom is 0.260 e. The normalized spacial score (nSPS) is 7.00. The molecule has 62 valence electrons. The van der Waals surface area contributed by atoms with Crippen LogP contribution in [0.1, 0.15) is 0 Å². The summed E-state index contributed by atoms with van der Waals surface area (Å²) >= 11 is 0. The van der Waals surface area contributed by atoms with Gasteiger partial charge in [-0.15, -0.1) is 0 Å². The Balaban J connectivity index is 4.03. The molecular weight excluding hydrogens is 164 g/mol. The van der Waals surface area contributed by atoms with Gasteiger partial charge in [0.1, 0.15) is 0 Å². The molecule has 0 aromatic carbocycles. The van der Waals surface area contributed by atoms with Crippen LogP contribution in [-0.2, 0) is 14.4 Å². The van der Waals surface area contributed by atoms with Crippen LogP contribution in [0.3, 0.4) is 0 Å². The summed E-state index contributed by atoms with van der Waals surface area (Å²) in [5, 5.41) is 6.71. The lowest BCUT2D eigenvalue weighted by atomic mass is 10.7. The summed E-state index contributed by atoms with van der Waals surface area (Å²) in [7, 11) is 0. The van der Waals surface area contributed by atoms with Gasteiger partial charge in [-0.1, -0.05) is 10.2 Å². The number of hydrogen-bond donors (Lipinski definition) is 0. The molecule has 0 saturated carbocycles. The summed E-state index contributed by atoms with van der Waals surface area (Å²) in [4.78, 5) is 32.1. The molecule has 0 aliphatic rings. The third-order valence-electron chi connectivity index (χ3n) is 0.789. The molecule has 0 saturated heterocycles. The average Bonchev–Trinajstić information content (AvgIpc) is 2.06. The minimum absolute atomic E-state index is 0.0275. The van der Waals surface area contributed by atoms with Crippen LogP contribution in [0.15, 0.2) is 15.2 Å². The predicted molar refractivity (Wildman–Crippen MR) is 35.9 cm³/mol. The zero-order valence-corrected chi connectivity index (χ0v) is 5.93. The molecule has 0 aliphatic carbocycles. The van der Waals surface area contributed by atoms with E-state index in [9.17, 15) is 14.4 Å². The molecule has 0 aromatic heterocycles. The maximum absolute atomic E-state index is 9.69. The van der Waals surface area contributed by atoms with E-state index in [1.54, 1.807) is 0 Å². The van der Waals surface area contributed by atoms with Gasteiger partial charge in [0.25, 0.3) is 12.2 Å². The third kappa shape index (κ3) is 4.78. The molecular formula is C5H4N4O3. The average molecular weight is 168 g/mol. The fraction of sp³-hybridized carbons (Fsp3) is 0.400. The first-order valence-electron chi connectivity index (χ1n) is 2.82. The number of hydrogen-bond acceptors (Lipinski definition) is 7. The summed E-state index contributed by atoms with van der Waals surface area (Å²) in [5.41, 5.74) is 0. The lowest BCUT2D eigenvalue weighted by molar-refractivity contribution is 0.308. The Labute approximate surface area is 67.1 Å². The zero-order valence-electron chi connectivity index (χ0n) is 5.93. The van der Waals surface area contributed by atoms with Crippen molar-refractivity contribution in [3.8, 4) is 0 Å². The van der Waals surface area contributed by atoms with E-state index in [0.717, 1.165) is 5.12 Å². The van der Waals surface area contributed by atoms with Gasteiger partial charge < -0.3 is 0 Å². The van der Waals surface area contributed by atoms with E-state index in [1.165, 1.54) is 18.2 Å². The monoisotopic (exact) mass is 168 g/mol. The van der Waals surface area contributed by atoms with Crippen molar-refractivity contribution in [2.45, 2.75) is 0 Å². The highest BCUT2D eigenvalue weighted by atomic mass is 16.1. The van der Waals surface area contributed by atoms with E-state index >= 15 is 0 Å². The van der Waals surface area contributed by atoms with Gasteiger partial charge in [-0.2, -0.15) is 5.12 Å². The molecule has 0 N–H and O–H groups in total. The van der Waals surface area contributed by atoms with Gasteiger partial charge in [0.05, 0.1) is 13.1 Å². The topological polar surface area (TPSA) is 91.5 Å². The number of rotatable bonds is 5. The number of isocyanates is 3. The van der Waals surface area contributed by atoms with E-state index in [-0.39, 0.29) is 13.1 Å². The highest BCUT2D eigenvalue weighted by Crippen LogP contribution is 1.86. The molecule has 0 aliphatic heterocycles. The van der Waals surface area contributed by atoms with Crippen molar-refractivity contribution in [1.82, 2.24) is 5.12 Å². The van der Waals surface area contributed by atoms with Gasteiger partial charge >= 0.3 is 0 Å². The lowest BCUT2D eigenvalue weighted by Gasteiger charge is -2.03. The molecule has 0 rings (SSSR count). The van der Waals surface area contributed by atoms with Gasteiger partial charge in [0, 0.05) is 0 Å². The summed E-state index contributed by atoms with van der Waals surface area (Å²) in [6.07, 6.45) is 3.61. The minimum atomic E-state index is 0.0275. The molecule has 0 fully saturated rings. The maximum atomic E-state index is 9.69. The van der Waals surface area contributed by atoms with Gasteiger partial charge in [-0.05, 0) is 0 Å². The van der Waals surface area contributed by atoms with E-state index in [1.807, 2.05) is 0 Å². The predicted octanol–water partition coefficient (Wildman–Crippen LogP) is -0.874. The van der Waals surface area contributed by atoms with Crippen LogP contribution in [-0.4, -0.2) is 36.4 Å². The Hall–Kier alpha value is -2.06. The van der Waals surface area contributed by atoms with E-state index in [2.05, 4.69) is 15.2 Å². The van der Waals surface area contributed by atoms with Crippen molar-refractivity contribution >= 4 is 18.2 Å². The molecule has 0 unspecified atom stereocenters. The summed E-state index contributed by atoms with van der Waals surface area (Å²) < 4.78 is 0. The van der Waals surface area contributed by atoms with Gasteiger partial charge in [0.15, 0.2) is 0 Å². The standard InChI is InChI=1S/C5H4N4O3/c10-3-6-1-2-9(7-4-11)8-5-12/h1-2H2. The minimum Gasteiger partial charge on any atom is -0.211 e. The third-order valence-corrected chi connectivity index (χ3v) is 0.789. The van der Waals surface area contributed by atoms with Crippen LogP contribution in [0.2, 0.25) is 0 Å². The molecule has 0 radical (unpaired) electrons. The van der Waals surface area contributed by atoms with Crippen LogP contribution in [0, 0.1) is 0 Å². The van der Waals surface area contributed by atoms with Gasteiger partial charge in [-0.3, -0.25) is 0 Å². The highest BCUT2D eigenvalue weighted by molar-refractivity contribution is 5.34. The molecule has 0 amide bonds. The Morgan fingerprint density at radius 1 is 1.00 bits per heavy atom. The molecule has 7 nitrogen and oxygen atoms in total. The fourth-order valence-corrected chi connectivity index (χ4v) is 0.402. The van der Waals surface area contributed by atoms with Crippen LogP contribution in [0.25, 0.3) is 0 Å². The van der Waals surface area contributed by atoms with Gasteiger partial charge in [-0.25, -0.2) is 19.4 Å². The first kappa shape index (κ1) is 9.94. The molecule has 0 aromatic rings. The van der Waals surface area contributed by atoms with Crippen molar-refractivity contribution in [1.29, 1.82) is 0 Å². The molecule has 7 heteroatoms. The second-order valence-electron chi connectivity index (χ2n) is 1.45. The Kier molecular flexibility index (Phi) is 5.84. The smallest absolute Gasteiger partial charge is 0.211 e. The van der Waals surface area contributed by atoms with E-state index in [4.69, 9.17) is 0 Å². The number of carbonyl (C=O) groups excluding carboxylic acids is 3. The van der Waals surface area contributed by atoms with Crippen LogP contribution < -0.4 is 0 Å². The quantitative estimate of drug-likeness (QED) is 0.303. The second kappa shape index (κ2) is 7.05. The van der Waals surface area contributed by atoms with Crippen molar-refractivity contribution in [3.63, 3.8) is 0 Å². The van der Waals surface area contributed by atoms with Gasteiger partial charge in [0.2, 0.25) is 6.08 Å². The van der Waals surface area contributed by atoms with Crippen molar-refractivity contribution in [2.24, 2.45) is 15.2 Å². The molecule has 0 spiro atoms. The Bertz CT molecular complexity index is 252. The summed E-state index contributed by atoms with van der Waals surface area (Å²) in [5.74, 6) is 0. The van der Waals surface area contributed by atoms with E-state index in [0.29, 0.717) is 0 Å². The number of nitrogens with zero attached hydrogens (tertiary/aromatic N) is 4. The molecule has 0 heterocycles. The van der Waals surface area contributed by atoms with Crippen LogP contribution in [0.5, 0.6) is 0 Å². The fourth-order valence-electron chi connectivity index (χ4n) is 0.402. The summed E-state index contributed by atoms with van der Waals surface area (Å²) in [6, 6.07) is 0. The Morgan fingerprint density at radius 3 is 2.00 bits per heavy atom. The first-order valence-corrected chi connectivity index (χ1v) is 2.82. The molecule has 0 bridgehead atoms. The summed E-state index contributed by atoms with van der Waals surface area (Å²) in [6.45, 7) is 0.0690. The largest absolute Gasteiger partial charge is 0.260 e. The molecule has 12 heavy (non-hydrogen) atoms. The highest BCUT2D eigenvalue weighted by Gasteiger charge is 1.95. The van der Waals surface area contributed by atoms with Crippen molar-refractivity contribution in [3.05, 3.63) is 0 Å². The molecule has 0 atom stereocenters. The first-order chi connectivity index (χ1) is 5.85. The van der Waals surface area contributed by atoms with Crippen LogP contribution >= 0.6 is 0 Å². The number of hydrazone groups is 2. The Morgan fingerprint density at radius 2 is 1.58 bits per heavy atom. The SMILES string of the molecule is O=C=NCCN(N=C=O)N=C=O. The van der Waals surface area contributed by atoms with Crippen LogP contribution in [0.4, 0.5) is 0 Å². The van der Waals surface area contributed by atoms with Crippen molar-refractivity contribution < 1.29 is 14.4 Å². The van der Waals surface area contributed by atoms with Crippen molar-refractivity contribution in [2.75, 3.05) is 13.1 Å². The zero-order chi connectivity index (χ0) is 9.23. The van der Waals surface area contributed by atoms with E-state index < -0.39 is 0 Å². The second-order valence-corrected chi connectivity index (χ2v) is 1.45. The lowest BCUT2D eigenvalue weighted by Crippen LogP contribution is -2.13. The number of aliphatic imine (C=N–C) groups is 1.